The first-order valence-corrected chi connectivity index (χ1v) is 12.2. The van der Waals surface area contributed by atoms with Crippen LogP contribution in [-0.2, 0) is 28.6 Å². The fraction of sp³-hybridized carbons (Fsp3) is 0.800. The average molecular weight is 473 g/mol. The number of hydrogen-bond acceptors (Lipinski definition) is 6. The Labute approximate surface area is 199 Å². The minimum absolute atomic E-state index is 0.0497. The maximum Gasteiger partial charge on any atom is 0.362 e. The van der Waals surface area contributed by atoms with Crippen LogP contribution in [0.4, 0.5) is 0 Å². The van der Waals surface area contributed by atoms with E-state index in [0.29, 0.717) is 12.8 Å². The number of carboxylic acid groups (broad SMARTS) is 1. The zero-order chi connectivity index (χ0) is 25.1. The van der Waals surface area contributed by atoms with Crippen molar-refractivity contribution in [3.8, 4) is 0 Å². The number of unbranched alkanes of at least 4 members (excludes halogenated alkanes) is 6. The Hall–Kier alpha value is -1.93. The summed E-state index contributed by atoms with van der Waals surface area (Å²) in [6, 6.07) is -0.605. The molecule has 0 aromatic carbocycles. The molecule has 0 amide bonds. The van der Waals surface area contributed by atoms with Gasteiger partial charge in [0.1, 0.15) is 6.61 Å². The fourth-order valence-electron chi connectivity index (χ4n) is 3.29. The number of allylic oxidation sites excluding steroid dienone is 2. The van der Waals surface area contributed by atoms with E-state index in [0.717, 1.165) is 38.5 Å². The summed E-state index contributed by atoms with van der Waals surface area (Å²) < 4.78 is 16.3. The lowest BCUT2D eigenvalue weighted by molar-refractivity contribution is -0.887. The smallest absolute Gasteiger partial charge is 0.362 e. The van der Waals surface area contributed by atoms with Crippen LogP contribution in [0.15, 0.2) is 12.2 Å². The Morgan fingerprint density at radius 1 is 0.939 bits per heavy atom. The number of nitrogens with zero attached hydrogens (tertiary/aromatic N) is 1. The van der Waals surface area contributed by atoms with Crippen LogP contribution in [0.25, 0.3) is 0 Å². The lowest BCUT2D eigenvalue weighted by Gasteiger charge is -2.31. The van der Waals surface area contributed by atoms with Gasteiger partial charge in [0, 0.05) is 19.8 Å². The Morgan fingerprint density at radius 2 is 1.58 bits per heavy atom. The number of carboxylic acids is 1. The summed E-state index contributed by atoms with van der Waals surface area (Å²) in [6.45, 7) is 3.63. The predicted octanol–water partition coefficient (Wildman–Crippen LogP) is 4.11. The van der Waals surface area contributed by atoms with E-state index in [9.17, 15) is 19.5 Å². The van der Waals surface area contributed by atoms with E-state index < -0.39 is 24.1 Å². The number of ether oxygens (including phenoxy) is 3. The van der Waals surface area contributed by atoms with E-state index in [4.69, 9.17) is 14.2 Å². The molecule has 0 fully saturated rings. The molecule has 0 aliphatic heterocycles. The molecule has 8 heteroatoms. The van der Waals surface area contributed by atoms with E-state index in [1.165, 1.54) is 19.8 Å². The van der Waals surface area contributed by atoms with E-state index in [1.807, 2.05) is 21.1 Å². The van der Waals surface area contributed by atoms with Gasteiger partial charge in [-0.1, -0.05) is 44.8 Å². The second-order valence-electron chi connectivity index (χ2n) is 9.31. The summed E-state index contributed by atoms with van der Waals surface area (Å²) in [5, 5.41) is 9.37. The number of carbonyl (C=O) groups excluding carboxylic acids is 2. The molecule has 1 N–H and O–H groups in total. The van der Waals surface area contributed by atoms with Crippen LogP contribution in [0, 0.1) is 0 Å². The number of rotatable bonds is 20. The molecule has 0 spiro atoms. The Kier molecular flexibility index (Phi) is 17.4. The molecule has 0 aliphatic carbocycles. The zero-order valence-electron chi connectivity index (χ0n) is 21.3. The van der Waals surface area contributed by atoms with Gasteiger partial charge in [-0.05, 0) is 25.7 Å². The number of hydrogen-bond donors (Lipinski definition) is 1. The van der Waals surface area contributed by atoms with Gasteiger partial charge in [-0.25, -0.2) is 4.79 Å². The van der Waals surface area contributed by atoms with E-state index in [1.54, 1.807) is 0 Å². The second kappa shape index (κ2) is 18.5. The average Bonchev–Trinajstić information content (AvgIpc) is 2.71. The van der Waals surface area contributed by atoms with E-state index >= 15 is 0 Å². The molecule has 192 valence electrons. The van der Waals surface area contributed by atoms with Crippen molar-refractivity contribution in [2.45, 2.75) is 90.2 Å². The van der Waals surface area contributed by atoms with Crippen molar-refractivity contribution in [2.24, 2.45) is 0 Å². The van der Waals surface area contributed by atoms with Gasteiger partial charge in [-0.2, -0.15) is 0 Å². The molecule has 0 radical (unpaired) electrons. The molecule has 33 heavy (non-hydrogen) atoms. The minimum Gasteiger partial charge on any atom is -0.477 e. The third kappa shape index (κ3) is 18.2. The van der Waals surface area contributed by atoms with Crippen LogP contribution in [0.1, 0.15) is 78.1 Å². The molecule has 2 atom stereocenters. The summed E-state index contributed by atoms with van der Waals surface area (Å²) in [5.74, 6) is -1.69. The Balaban J connectivity index is 4.22. The highest BCUT2D eigenvalue weighted by Crippen LogP contribution is 2.11. The zero-order valence-corrected chi connectivity index (χ0v) is 21.3. The quantitative estimate of drug-likeness (QED) is 0.123. The molecule has 0 rings (SSSR count). The van der Waals surface area contributed by atoms with Crippen molar-refractivity contribution >= 4 is 17.9 Å². The molecule has 0 heterocycles. The number of carbonyl (C=O) groups is 3. The van der Waals surface area contributed by atoms with Gasteiger partial charge in [0.15, 0.2) is 12.1 Å². The van der Waals surface area contributed by atoms with Crippen molar-refractivity contribution in [1.82, 2.24) is 0 Å². The van der Waals surface area contributed by atoms with Gasteiger partial charge in [-0.3, -0.25) is 9.59 Å². The molecule has 0 saturated carbocycles. The summed E-state index contributed by atoms with van der Waals surface area (Å²) in [5.41, 5.74) is 0. The van der Waals surface area contributed by atoms with Crippen LogP contribution >= 0.6 is 0 Å². The monoisotopic (exact) mass is 472 g/mol. The van der Waals surface area contributed by atoms with Crippen LogP contribution in [0.5, 0.6) is 0 Å². The number of quaternary nitrogens is 1. The molecule has 8 nitrogen and oxygen atoms in total. The number of aliphatic carboxylic acids is 1. The van der Waals surface area contributed by atoms with Crippen LogP contribution in [0.3, 0.4) is 0 Å². The molecule has 0 aromatic rings. The van der Waals surface area contributed by atoms with Crippen molar-refractivity contribution in [3.05, 3.63) is 12.2 Å². The third-order valence-corrected chi connectivity index (χ3v) is 5.20. The van der Waals surface area contributed by atoms with Crippen LogP contribution in [0.2, 0.25) is 0 Å². The summed E-state index contributed by atoms with van der Waals surface area (Å²) in [4.78, 5) is 34.8. The SMILES string of the molecule is CCC/C=C\CCCCCCCC(=O)OC(COCCC(C(=O)O)[N+](C)(C)C)COC(C)=O. The molecule has 2 unspecified atom stereocenters. The summed E-state index contributed by atoms with van der Waals surface area (Å²) >= 11 is 0. The van der Waals surface area contributed by atoms with Gasteiger partial charge >= 0.3 is 17.9 Å². The van der Waals surface area contributed by atoms with Crippen molar-refractivity contribution < 1.29 is 38.2 Å². The molecule has 0 saturated heterocycles. The molecular weight excluding hydrogens is 426 g/mol. The highest BCUT2D eigenvalue weighted by molar-refractivity contribution is 5.72. The normalized spacial score (nSPS) is 13.6. The maximum absolute atomic E-state index is 12.2. The van der Waals surface area contributed by atoms with Gasteiger partial charge in [0.25, 0.3) is 0 Å². The number of likely N-dealkylation sites (N-methyl/N-ethyl adjacent to an activating group) is 1. The van der Waals surface area contributed by atoms with Crippen LogP contribution in [-0.4, -0.2) is 80.6 Å². The van der Waals surface area contributed by atoms with E-state index in [2.05, 4.69) is 19.1 Å². The summed E-state index contributed by atoms with van der Waals surface area (Å²) in [7, 11) is 5.44. The van der Waals surface area contributed by atoms with Crippen molar-refractivity contribution in [2.75, 3.05) is 41.0 Å². The summed E-state index contributed by atoms with van der Waals surface area (Å²) in [6.07, 6.45) is 13.0. The molecule has 0 aromatic heterocycles. The largest absolute Gasteiger partial charge is 0.477 e. The first kappa shape index (κ1) is 31.1. The molecule has 0 aliphatic rings. The first-order chi connectivity index (χ1) is 15.6. The standard InChI is InChI=1S/C25H45NO7/c1-6-7-8-9-10-11-12-13-14-15-16-24(28)33-22(20-32-21(2)27)19-31-18-17-23(25(29)30)26(3,4)5/h8-9,22-23H,6-7,10-20H2,1-5H3/p+1/b9-8-. The molecular formula is C25H46NO7+. The van der Waals surface area contributed by atoms with Crippen molar-refractivity contribution in [3.63, 3.8) is 0 Å². The third-order valence-electron chi connectivity index (χ3n) is 5.20. The van der Waals surface area contributed by atoms with Gasteiger partial charge in [0.05, 0.1) is 34.4 Å². The first-order valence-electron chi connectivity index (χ1n) is 12.2. The second-order valence-corrected chi connectivity index (χ2v) is 9.31. The fourth-order valence-corrected chi connectivity index (χ4v) is 3.29. The Morgan fingerprint density at radius 3 is 2.18 bits per heavy atom. The maximum atomic E-state index is 12.2. The van der Waals surface area contributed by atoms with Crippen LogP contribution < -0.4 is 0 Å². The van der Waals surface area contributed by atoms with E-state index in [-0.39, 0.29) is 30.3 Å². The molecule has 0 bridgehead atoms. The van der Waals surface area contributed by atoms with Gasteiger partial charge in [0.2, 0.25) is 0 Å². The van der Waals surface area contributed by atoms with Crippen molar-refractivity contribution in [1.29, 1.82) is 0 Å². The predicted molar refractivity (Wildman–Crippen MR) is 128 cm³/mol. The lowest BCUT2D eigenvalue weighted by Crippen LogP contribution is -2.50. The van der Waals surface area contributed by atoms with Gasteiger partial charge in [-0.15, -0.1) is 0 Å². The lowest BCUT2D eigenvalue weighted by atomic mass is 10.1. The number of esters is 2. The Bertz CT molecular complexity index is 584. The highest BCUT2D eigenvalue weighted by atomic mass is 16.6. The highest BCUT2D eigenvalue weighted by Gasteiger charge is 2.31. The minimum atomic E-state index is -0.887. The topological polar surface area (TPSA) is 99.1 Å². The van der Waals surface area contributed by atoms with Gasteiger partial charge < -0.3 is 23.8 Å².